The highest BCUT2D eigenvalue weighted by atomic mass is 16.5. The van der Waals surface area contributed by atoms with E-state index in [-0.39, 0.29) is 11.8 Å². The molecule has 0 spiro atoms. The average molecular weight is 379 g/mol. The molecule has 0 unspecified atom stereocenters. The Morgan fingerprint density at radius 2 is 1.61 bits per heavy atom. The van der Waals surface area contributed by atoms with Crippen LogP contribution in [0.3, 0.4) is 0 Å². The predicted octanol–water partition coefficient (Wildman–Crippen LogP) is 1.89. The summed E-state index contributed by atoms with van der Waals surface area (Å²) in [6, 6.07) is 15.9. The molecule has 0 aliphatic carbocycles. The Kier molecular flexibility index (Phi) is 4.83. The van der Waals surface area contributed by atoms with Crippen LogP contribution in [0.4, 0.5) is 4.79 Å². The lowest BCUT2D eigenvalue weighted by molar-refractivity contribution is 0.0566. The van der Waals surface area contributed by atoms with Crippen molar-refractivity contribution in [2.24, 2.45) is 0 Å². The molecular formula is C21H21N3O4. The van der Waals surface area contributed by atoms with Crippen molar-refractivity contribution in [3.05, 3.63) is 71.3 Å². The summed E-state index contributed by atoms with van der Waals surface area (Å²) in [6.45, 7) is 1.66. The van der Waals surface area contributed by atoms with E-state index >= 15 is 0 Å². The zero-order valence-corrected chi connectivity index (χ0v) is 15.5. The average Bonchev–Trinajstić information content (AvgIpc) is 3.20. The normalized spacial score (nSPS) is 21.7. The lowest BCUT2D eigenvalue weighted by Gasteiger charge is -2.27. The van der Waals surface area contributed by atoms with Gasteiger partial charge in [-0.2, -0.15) is 0 Å². The third-order valence-electron chi connectivity index (χ3n) is 5.26. The van der Waals surface area contributed by atoms with E-state index in [0.29, 0.717) is 30.8 Å². The van der Waals surface area contributed by atoms with Gasteiger partial charge in [-0.15, -0.1) is 0 Å². The highest BCUT2D eigenvalue weighted by Crippen LogP contribution is 2.29. The number of carbonyl (C=O) groups excluding carboxylic acids is 3. The summed E-state index contributed by atoms with van der Waals surface area (Å²) < 4.78 is 4.74. The molecule has 1 N–H and O–H groups in total. The topological polar surface area (TPSA) is 79.0 Å². The number of amides is 3. The number of rotatable bonds is 4. The molecule has 2 heterocycles. The van der Waals surface area contributed by atoms with E-state index in [4.69, 9.17) is 4.74 Å². The molecule has 2 aromatic rings. The molecule has 3 amide bonds. The van der Waals surface area contributed by atoms with Crippen LogP contribution in [0.2, 0.25) is 0 Å². The second-order valence-electron chi connectivity index (χ2n) is 7.02. The standard InChI is InChI=1S/C21H21N3O4/c1-28-21(27)22-17-12-23(11-14-7-3-2-4-8-14)13-18(17)24-19(25)15-9-5-6-10-16(15)20(24)26/h2-10,17-18H,11-13H2,1H3,(H,22,27)/t17-,18+/m0/s1. The summed E-state index contributed by atoms with van der Waals surface area (Å²) in [7, 11) is 1.29. The van der Waals surface area contributed by atoms with Gasteiger partial charge in [0.05, 0.1) is 30.3 Å². The van der Waals surface area contributed by atoms with E-state index in [2.05, 4.69) is 10.2 Å². The van der Waals surface area contributed by atoms with Gasteiger partial charge >= 0.3 is 6.09 Å². The zero-order valence-electron chi connectivity index (χ0n) is 15.5. The van der Waals surface area contributed by atoms with Gasteiger partial charge in [-0.1, -0.05) is 42.5 Å². The van der Waals surface area contributed by atoms with E-state index in [1.54, 1.807) is 24.3 Å². The number of nitrogens with zero attached hydrogens (tertiary/aromatic N) is 2. The lowest BCUT2D eigenvalue weighted by atomic mass is 10.1. The summed E-state index contributed by atoms with van der Waals surface area (Å²) in [6.07, 6.45) is -0.576. The summed E-state index contributed by atoms with van der Waals surface area (Å²) in [5, 5.41) is 2.79. The van der Waals surface area contributed by atoms with Gasteiger partial charge in [-0.3, -0.25) is 19.4 Å². The maximum atomic E-state index is 12.9. The predicted molar refractivity (Wildman–Crippen MR) is 102 cm³/mol. The van der Waals surface area contributed by atoms with E-state index in [9.17, 15) is 14.4 Å². The molecule has 0 bridgehead atoms. The Bertz CT molecular complexity index is 880. The second kappa shape index (κ2) is 7.44. The molecule has 0 saturated carbocycles. The summed E-state index contributed by atoms with van der Waals surface area (Å²) in [5.74, 6) is -0.632. The minimum Gasteiger partial charge on any atom is -0.453 e. The van der Waals surface area contributed by atoms with Gasteiger partial charge in [-0.25, -0.2) is 4.79 Å². The maximum Gasteiger partial charge on any atom is 0.407 e. The van der Waals surface area contributed by atoms with Gasteiger partial charge in [-0.05, 0) is 17.7 Å². The fourth-order valence-corrected chi connectivity index (χ4v) is 3.96. The van der Waals surface area contributed by atoms with Gasteiger partial charge in [0.2, 0.25) is 0 Å². The number of hydrogen-bond acceptors (Lipinski definition) is 5. The minimum atomic E-state index is -0.576. The van der Waals surface area contributed by atoms with Crippen molar-refractivity contribution in [2.75, 3.05) is 20.2 Å². The van der Waals surface area contributed by atoms with E-state index in [0.717, 1.165) is 5.56 Å². The van der Waals surface area contributed by atoms with Crippen LogP contribution in [-0.2, 0) is 11.3 Å². The number of benzene rings is 2. The number of hydrogen-bond donors (Lipinski definition) is 1. The number of methoxy groups -OCH3 is 1. The van der Waals surface area contributed by atoms with Crippen LogP contribution < -0.4 is 5.32 Å². The summed E-state index contributed by atoms with van der Waals surface area (Å²) in [5.41, 5.74) is 1.94. The highest BCUT2D eigenvalue weighted by Gasteiger charge is 2.46. The van der Waals surface area contributed by atoms with E-state index in [1.807, 2.05) is 30.3 Å². The summed E-state index contributed by atoms with van der Waals surface area (Å²) >= 11 is 0. The van der Waals surface area contributed by atoms with Crippen molar-refractivity contribution in [1.82, 2.24) is 15.1 Å². The smallest absolute Gasteiger partial charge is 0.407 e. The number of fused-ring (bicyclic) bond motifs is 1. The first kappa shape index (κ1) is 18.2. The molecule has 0 aromatic heterocycles. The van der Waals surface area contributed by atoms with E-state index < -0.39 is 18.2 Å². The van der Waals surface area contributed by atoms with Crippen LogP contribution >= 0.6 is 0 Å². The number of carbonyl (C=O) groups is 3. The van der Waals surface area contributed by atoms with Gasteiger partial charge in [0, 0.05) is 19.6 Å². The van der Waals surface area contributed by atoms with Crippen LogP contribution in [0.5, 0.6) is 0 Å². The Morgan fingerprint density at radius 3 is 2.21 bits per heavy atom. The molecule has 2 aliphatic heterocycles. The SMILES string of the molecule is COC(=O)N[C@H]1CN(Cc2ccccc2)C[C@H]1N1C(=O)c2ccccc2C1=O. The van der Waals surface area contributed by atoms with E-state index in [1.165, 1.54) is 12.0 Å². The van der Waals surface area contributed by atoms with Crippen LogP contribution in [0, 0.1) is 0 Å². The largest absolute Gasteiger partial charge is 0.453 e. The van der Waals surface area contributed by atoms with Gasteiger partial charge < -0.3 is 10.1 Å². The quantitative estimate of drug-likeness (QED) is 0.821. The first-order chi connectivity index (χ1) is 13.6. The van der Waals surface area contributed by atoms with Crippen molar-refractivity contribution in [1.29, 1.82) is 0 Å². The zero-order chi connectivity index (χ0) is 19.7. The minimum absolute atomic E-state index is 0.316. The van der Waals surface area contributed by atoms with Gasteiger partial charge in [0.1, 0.15) is 0 Å². The van der Waals surface area contributed by atoms with Crippen LogP contribution in [-0.4, -0.2) is 60.0 Å². The number of imide groups is 1. The number of ether oxygens (including phenoxy) is 1. The molecule has 28 heavy (non-hydrogen) atoms. The lowest BCUT2D eigenvalue weighted by Crippen LogP contribution is -2.53. The molecule has 1 saturated heterocycles. The second-order valence-corrected chi connectivity index (χ2v) is 7.02. The molecule has 2 aromatic carbocycles. The third kappa shape index (κ3) is 3.25. The van der Waals surface area contributed by atoms with Crippen molar-refractivity contribution in [3.8, 4) is 0 Å². The van der Waals surface area contributed by atoms with Crippen molar-refractivity contribution < 1.29 is 19.1 Å². The van der Waals surface area contributed by atoms with Crippen molar-refractivity contribution >= 4 is 17.9 Å². The van der Waals surface area contributed by atoms with Crippen LogP contribution in [0.1, 0.15) is 26.3 Å². The summed E-state index contributed by atoms with van der Waals surface area (Å²) in [4.78, 5) is 41.1. The van der Waals surface area contributed by atoms with Crippen LogP contribution in [0.25, 0.3) is 0 Å². The molecule has 7 nitrogen and oxygen atoms in total. The monoisotopic (exact) mass is 379 g/mol. The molecule has 2 atom stereocenters. The molecule has 7 heteroatoms. The molecule has 144 valence electrons. The maximum absolute atomic E-state index is 12.9. The highest BCUT2D eigenvalue weighted by molar-refractivity contribution is 6.21. The molecule has 4 rings (SSSR count). The Balaban J connectivity index is 1.59. The third-order valence-corrected chi connectivity index (χ3v) is 5.26. The van der Waals surface area contributed by atoms with Crippen LogP contribution in [0.15, 0.2) is 54.6 Å². The Morgan fingerprint density at radius 1 is 1.00 bits per heavy atom. The first-order valence-electron chi connectivity index (χ1n) is 9.16. The van der Waals surface area contributed by atoms with Crippen molar-refractivity contribution in [3.63, 3.8) is 0 Å². The van der Waals surface area contributed by atoms with Gasteiger partial charge in [0.25, 0.3) is 11.8 Å². The Hall–Kier alpha value is -3.19. The first-order valence-corrected chi connectivity index (χ1v) is 9.16. The molecule has 0 radical (unpaired) electrons. The molecule has 2 aliphatic rings. The molecular weight excluding hydrogens is 358 g/mol. The number of nitrogens with one attached hydrogen (secondary N) is 1. The Labute approximate surface area is 162 Å². The number of likely N-dealkylation sites (tertiary alicyclic amines) is 1. The van der Waals surface area contributed by atoms with Gasteiger partial charge in [0.15, 0.2) is 0 Å². The van der Waals surface area contributed by atoms with Crippen molar-refractivity contribution in [2.45, 2.75) is 18.6 Å². The number of alkyl carbamates (subject to hydrolysis) is 1. The fourth-order valence-electron chi connectivity index (χ4n) is 3.96. The fraction of sp³-hybridized carbons (Fsp3) is 0.286. The molecule has 1 fully saturated rings.